The Bertz CT molecular complexity index is 466. The number of ether oxygens (including phenoxy) is 1. The highest BCUT2D eigenvalue weighted by Crippen LogP contribution is 2.20. The number of non-ortho nitro benzene ring substituents is 1. The van der Waals surface area contributed by atoms with Gasteiger partial charge in [-0.1, -0.05) is 13.0 Å². The molecule has 0 saturated carbocycles. The van der Waals surface area contributed by atoms with Crippen molar-refractivity contribution in [1.82, 2.24) is 4.90 Å². The molecule has 0 radical (unpaired) electrons. The Labute approximate surface area is 118 Å². The van der Waals surface area contributed by atoms with Crippen LogP contribution in [0.25, 0.3) is 0 Å². The fraction of sp³-hybridized carbons (Fsp3) is 0.571. The Morgan fingerprint density at radius 2 is 2.35 bits per heavy atom. The molecule has 6 heteroatoms. The summed E-state index contributed by atoms with van der Waals surface area (Å²) < 4.78 is 5.53. The van der Waals surface area contributed by atoms with Crippen molar-refractivity contribution in [3.05, 3.63) is 34.4 Å². The number of rotatable bonds is 5. The predicted octanol–water partition coefficient (Wildman–Crippen LogP) is 1.68. The molecule has 1 aliphatic heterocycles. The molecule has 20 heavy (non-hydrogen) atoms. The maximum Gasteiger partial charge on any atom is 0.273 e. The van der Waals surface area contributed by atoms with Crippen molar-refractivity contribution in [2.45, 2.75) is 19.4 Å². The highest BCUT2D eigenvalue weighted by molar-refractivity contribution is 5.37. The van der Waals surface area contributed by atoms with Gasteiger partial charge in [-0.2, -0.15) is 0 Å². The van der Waals surface area contributed by atoms with E-state index in [0.29, 0.717) is 31.4 Å². The number of likely N-dealkylation sites (tertiary alicyclic amines) is 1. The largest absolute Gasteiger partial charge is 0.492 e. The number of aliphatic hydroxyl groups excluding tert-OH is 1. The molecule has 2 unspecified atom stereocenters. The van der Waals surface area contributed by atoms with Crippen LogP contribution in [-0.4, -0.2) is 47.3 Å². The van der Waals surface area contributed by atoms with Gasteiger partial charge in [0, 0.05) is 19.2 Å². The van der Waals surface area contributed by atoms with E-state index in [1.165, 1.54) is 12.1 Å². The molecule has 1 aliphatic rings. The molecule has 0 aliphatic carbocycles. The van der Waals surface area contributed by atoms with Crippen molar-refractivity contribution >= 4 is 5.69 Å². The van der Waals surface area contributed by atoms with Crippen LogP contribution in [0.2, 0.25) is 0 Å². The van der Waals surface area contributed by atoms with Gasteiger partial charge in [-0.05, 0) is 24.9 Å². The third-order valence-electron chi connectivity index (χ3n) is 3.71. The molecule has 1 aromatic carbocycles. The van der Waals surface area contributed by atoms with Gasteiger partial charge in [0.15, 0.2) is 0 Å². The lowest BCUT2D eigenvalue weighted by atomic mass is 9.96. The van der Waals surface area contributed by atoms with Crippen LogP contribution in [0.1, 0.15) is 13.3 Å². The van der Waals surface area contributed by atoms with Crippen LogP contribution in [0.3, 0.4) is 0 Å². The van der Waals surface area contributed by atoms with Crippen molar-refractivity contribution in [1.29, 1.82) is 0 Å². The summed E-state index contributed by atoms with van der Waals surface area (Å²) in [4.78, 5) is 12.4. The first-order valence-corrected chi connectivity index (χ1v) is 6.84. The van der Waals surface area contributed by atoms with Gasteiger partial charge >= 0.3 is 0 Å². The van der Waals surface area contributed by atoms with Crippen molar-refractivity contribution in [3.8, 4) is 5.75 Å². The standard InChI is InChI=1S/C14H20N2O4/c1-11-5-6-15(10-14(11)17)7-8-20-13-4-2-3-12(9-13)16(18)19/h2-4,9,11,14,17H,5-8,10H2,1H3. The summed E-state index contributed by atoms with van der Waals surface area (Å²) in [6, 6.07) is 6.18. The first kappa shape index (κ1) is 14.7. The predicted molar refractivity (Wildman–Crippen MR) is 74.8 cm³/mol. The average Bonchev–Trinajstić information content (AvgIpc) is 2.43. The fourth-order valence-corrected chi connectivity index (χ4v) is 2.30. The van der Waals surface area contributed by atoms with Crippen molar-refractivity contribution in [2.75, 3.05) is 26.2 Å². The first-order chi connectivity index (χ1) is 9.56. The summed E-state index contributed by atoms with van der Waals surface area (Å²) in [7, 11) is 0. The fourth-order valence-electron chi connectivity index (χ4n) is 2.30. The second-order valence-electron chi connectivity index (χ2n) is 5.24. The van der Waals surface area contributed by atoms with Gasteiger partial charge < -0.3 is 9.84 Å². The van der Waals surface area contributed by atoms with Crippen LogP contribution < -0.4 is 4.74 Å². The summed E-state index contributed by atoms with van der Waals surface area (Å²) >= 11 is 0. The molecule has 1 saturated heterocycles. The second kappa shape index (κ2) is 6.67. The molecule has 6 nitrogen and oxygen atoms in total. The Morgan fingerprint density at radius 1 is 1.55 bits per heavy atom. The highest BCUT2D eigenvalue weighted by Gasteiger charge is 2.23. The minimum atomic E-state index is -0.435. The van der Waals surface area contributed by atoms with E-state index in [4.69, 9.17) is 4.74 Å². The van der Waals surface area contributed by atoms with Crippen LogP contribution in [0.15, 0.2) is 24.3 Å². The number of hydrogen-bond acceptors (Lipinski definition) is 5. The lowest BCUT2D eigenvalue weighted by Crippen LogP contribution is -2.44. The molecule has 1 heterocycles. The SMILES string of the molecule is CC1CCN(CCOc2cccc([N+](=O)[O-])c2)CC1O. The quantitative estimate of drug-likeness (QED) is 0.656. The van der Waals surface area contributed by atoms with Crippen LogP contribution in [0.4, 0.5) is 5.69 Å². The van der Waals surface area contributed by atoms with Gasteiger partial charge in [-0.3, -0.25) is 15.0 Å². The summed E-state index contributed by atoms with van der Waals surface area (Å²) in [6.45, 7) is 4.85. The first-order valence-electron chi connectivity index (χ1n) is 6.84. The Hall–Kier alpha value is -1.66. The zero-order valence-electron chi connectivity index (χ0n) is 11.6. The number of nitro benzene ring substituents is 1. The monoisotopic (exact) mass is 280 g/mol. The van der Waals surface area contributed by atoms with Crippen molar-refractivity contribution in [3.63, 3.8) is 0 Å². The molecule has 1 N–H and O–H groups in total. The molecule has 0 amide bonds. The lowest BCUT2D eigenvalue weighted by Gasteiger charge is -2.34. The molecular weight excluding hydrogens is 260 g/mol. The maximum absolute atomic E-state index is 10.7. The van der Waals surface area contributed by atoms with Gasteiger partial charge in [-0.25, -0.2) is 0 Å². The van der Waals surface area contributed by atoms with E-state index in [-0.39, 0.29) is 11.8 Å². The third kappa shape index (κ3) is 3.91. The highest BCUT2D eigenvalue weighted by atomic mass is 16.6. The van der Waals surface area contributed by atoms with Crippen LogP contribution in [0.5, 0.6) is 5.75 Å². The van der Waals surface area contributed by atoms with Gasteiger partial charge in [0.1, 0.15) is 12.4 Å². The van der Waals surface area contributed by atoms with E-state index in [9.17, 15) is 15.2 Å². The molecular formula is C14H20N2O4. The van der Waals surface area contributed by atoms with E-state index in [0.717, 1.165) is 13.0 Å². The normalized spacial score (nSPS) is 23.5. The molecule has 2 rings (SSSR count). The number of aliphatic hydroxyl groups is 1. The summed E-state index contributed by atoms with van der Waals surface area (Å²) in [5, 5.41) is 20.5. The van der Waals surface area contributed by atoms with E-state index >= 15 is 0 Å². The van der Waals surface area contributed by atoms with Crippen LogP contribution in [0, 0.1) is 16.0 Å². The molecule has 1 aromatic rings. The van der Waals surface area contributed by atoms with Gasteiger partial charge in [-0.15, -0.1) is 0 Å². The Balaban J connectivity index is 1.78. The number of benzene rings is 1. The molecule has 110 valence electrons. The maximum atomic E-state index is 10.7. The summed E-state index contributed by atoms with van der Waals surface area (Å²) in [6.07, 6.45) is 0.708. The molecule has 0 bridgehead atoms. The second-order valence-corrected chi connectivity index (χ2v) is 5.24. The number of piperidine rings is 1. The van der Waals surface area contributed by atoms with Crippen LogP contribution in [-0.2, 0) is 0 Å². The summed E-state index contributed by atoms with van der Waals surface area (Å²) in [5.74, 6) is 0.856. The Kier molecular flexibility index (Phi) is 4.92. The topological polar surface area (TPSA) is 75.8 Å². The van der Waals surface area contributed by atoms with Gasteiger partial charge in [0.05, 0.1) is 17.1 Å². The number of β-amino-alcohol motifs (C(OH)–C–C–N with tert-alkyl or cyclic N) is 1. The molecule has 0 spiro atoms. The van der Waals surface area contributed by atoms with Crippen molar-refractivity contribution < 1.29 is 14.8 Å². The van der Waals surface area contributed by atoms with Gasteiger partial charge in [0.2, 0.25) is 0 Å². The zero-order valence-corrected chi connectivity index (χ0v) is 11.6. The smallest absolute Gasteiger partial charge is 0.273 e. The Morgan fingerprint density at radius 3 is 3.05 bits per heavy atom. The van der Waals surface area contributed by atoms with E-state index < -0.39 is 4.92 Å². The zero-order chi connectivity index (χ0) is 14.5. The van der Waals surface area contributed by atoms with E-state index in [1.807, 2.05) is 0 Å². The van der Waals surface area contributed by atoms with Gasteiger partial charge in [0.25, 0.3) is 5.69 Å². The number of nitro groups is 1. The number of nitrogens with zero attached hydrogens (tertiary/aromatic N) is 2. The van der Waals surface area contributed by atoms with Crippen LogP contribution >= 0.6 is 0 Å². The van der Waals surface area contributed by atoms with Crippen molar-refractivity contribution in [2.24, 2.45) is 5.92 Å². The van der Waals surface area contributed by atoms with E-state index in [2.05, 4.69) is 11.8 Å². The molecule has 2 atom stereocenters. The lowest BCUT2D eigenvalue weighted by molar-refractivity contribution is -0.384. The minimum Gasteiger partial charge on any atom is -0.492 e. The van der Waals surface area contributed by atoms with E-state index in [1.54, 1.807) is 12.1 Å². The molecule has 1 fully saturated rings. The molecule has 0 aromatic heterocycles. The minimum absolute atomic E-state index is 0.0321. The number of hydrogen-bond donors (Lipinski definition) is 1. The summed E-state index contributed by atoms with van der Waals surface area (Å²) in [5.41, 5.74) is 0.0321. The average molecular weight is 280 g/mol. The third-order valence-corrected chi connectivity index (χ3v) is 3.71.